The zero-order chi connectivity index (χ0) is 33.7. The lowest BCUT2D eigenvalue weighted by atomic mass is 10.0. The molecule has 0 saturated carbocycles. The molecule has 1 atom stereocenters. The molecular formula is C35H64O12. The van der Waals surface area contributed by atoms with E-state index in [9.17, 15) is 5.11 Å². The van der Waals surface area contributed by atoms with Crippen LogP contribution in [-0.2, 0) is 49.1 Å². The third-order valence-electron chi connectivity index (χ3n) is 6.74. The van der Waals surface area contributed by atoms with Gasteiger partial charge >= 0.3 is 0 Å². The van der Waals surface area contributed by atoms with Crippen LogP contribution in [0, 0.1) is 0 Å². The van der Waals surface area contributed by atoms with Crippen molar-refractivity contribution in [3.05, 3.63) is 29.8 Å². The zero-order valence-corrected chi connectivity index (χ0v) is 29.0. The quantitative estimate of drug-likeness (QED) is 0.0780. The number of aliphatic hydroxyl groups excluding tert-OH is 2. The molecule has 0 aromatic heterocycles. The number of hydrogen-bond acceptors (Lipinski definition) is 12. The molecular weight excluding hydrogens is 612 g/mol. The van der Waals surface area contributed by atoms with Crippen molar-refractivity contribution in [1.29, 1.82) is 0 Å². The molecule has 276 valence electrons. The minimum absolute atomic E-state index is 0.0233. The van der Waals surface area contributed by atoms with Crippen molar-refractivity contribution in [3.8, 4) is 5.75 Å². The molecule has 0 amide bonds. The van der Waals surface area contributed by atoms with Gasteiger partial charge in [-0.3, -0.25) is 0 Å². The highest BCUT2D eigenvalue weighted by molar-refractivity contribution is 5.27. The van der Waals surface area contributed by atoms with Gasteiger partial charge in [-0.05, 0) is 30.5 Å². The fourth-order valence-corrected chi connectivity index (χ4v) is 4.22. The first-order valence-corrected chi connectivity index (χ1v) is 17.5. The second-order valence-electron chi connectivity index (χ2n) is 10.8. The Bertz CT molecular complexity index is 740. The van der Waals surface area contributed by atoms with Crippen molar-refractivity contribution in [1.82, 2.24) is 0 Å². The predicted octanol–water partition coefficient (Wildman–Crippen LogP) is 3.82. The van der Waals surface area contributed by atoms with Gasteiger partial charge < -0.3 is 57.6 Å². The summed E-state index contributed by atoms with van der Waals surface area (Å²) >= 11 is 0. The molecule has 2 N–H and O–H groups in total. The maximum absolute atomic E-state index is 10.1. The summed E-state index contributed by atoms with van der Waals surface area (Å²) in [6, 6.07) is 7.94. The molecule has 1 rings (SSSR count). The minimum atomic E-state index is -1.02. The number of rotatable bonds is 38. The summed E-state index contributed by atoms with van der Waals surface area (Å²) in [6.07, 6.45) is 9.20. The Kier molecular flexibility index (Phi) is 33.3. The average molecular weight is 677 g/mol. The Hall–Kier alpha value is -1.42. The van der Waals surface area contributed by atoms with Crippen LogP contribution in [0.25, 0.3) is 0 Å². The van der Waals surface area contributed by atoms with Crippen LogP contribution in [0.1, 0.15) is 57.4 Å². The van der Waals surface area contributed by atoms with Crippen LogP contribution in [-0.4, -0.2) is 142 Å². The third kappa shape index (κ3) is 31.6. The Morgan fingerprint density at radius 1 is 0.468 bits per heavy atom. The van der Waals surface area contributed by atoms with Crippen molar-refractivity contribution in [2.24, 2.45) is 0 Å². The molecule has 1 aromatic carbocycles. The van der Waals surface area contributed by atoms with E-state index in [1.165, 1.54) is 50.5 Å². The summed E-state index contributed by atoms with van der Waals surface area (Å²) in [7, 11) is 0. The summed E-state index contributed by atoms with van der Waals surface area (Å²) in [4.78, 5) is 0. The Morgan fingerprint density at radius 2 is 0.830 bits per heavy atom. The number of hydrogen-bond donors (Lipinski definition) is 2. The molecule has 0 heterocycles. The molecule has 0 radical (unpaired) electrons. The molecule has 0 aliphatic rings. The third-order valence-corrected chi connectivity index (χ3v) is 6.74. The highest BCUT2D eigenvalue weighted by atomic mass is 16.6. The minimum Gasteiger partial charge on any atom is -0.463 e. The Labute approximate surface area is 283 Å². The summed E-state index contributed by atoms with van der Waals surface area (Å²) < 4.78 is 54.2. The number of aryl methyl sites for hydroxylation is 1. The lowest BCUT2D eigenvalue weighted by molar-refractivity contribution is -0.0860. The van der Waals surface area contributed by atoms with E-state index in [1.54, 1.807) is 0 Å². The van der Waals surface area contributed by atoms with Gasteiger partial charge in [0.1, 0.15) is 12.4 Å². The van der Waals surface area contributed by atoms with Gasteiger partial charge in [0.25, 0.3) is 0 Å². The zero-order valence-electron chi connectivity index (χ0n) is 29.0. The molecule has 0 fully saturated rings. The second-order valence-corrected chi connectivity index (χ2v) is 10.8. The van der Waals surface area contributed by atoms with Gasteiger partial charge in [0.05, 0.1) is 119 Å². The van der Waals surface area contributed by atoms with E-state index in [1.807, 2.05) is 12.1 Å². The summed E-state index contributed by atoms with van der Waals surface area (Å²) in [5, 5.41) is 18.7. The van der Waals surface area contributed by atoms with Gasteiger partial charge in [0.15, 0.2) is 0 Å². The lowest BCUT2D eigenvalue weighted by Crippen LogP contribution is -2.23. The Morgan fingerprint density at radius 3 is 1.23 bits per heavy atom. The van der Waals surface area contributed by atoms with Crippen molar-refractivity contribution in [3.63, 3.8) is 0 Å². The summed E-state index contributed by atoms with van der Waals surface area (Å²) in [5.41, 5.74) is 1.30. The fourth-order valence-electron chi connectivity index (χ4n) is 4.22. The van der Waals surface area contributed by atoms with E-state index in [4.69, 9.17) is 52.5 Å². The van der Waals surface area contributed by atoms with E-state index in [0.29, 0.717) is 118 Å². The number of ether oxygens (including phenoxy) is 10. The number of aliphatic hydroxyl groups is 2. The van der Waals surface area contributed by atoms with Crippen LogP contribution >= 0.6 is 0 Å². The molecule has 12 heteroatoms. The first-order chi connectivity index (χ1) is 23.3. The standard InChI is InChI=1S/C35H64O12/c1-2-3-4-5-6-7-8-9-33-10-12-34(13-11-33)47-35(37)32-46-31-30-45-29-28-44-27-26-43-25-24-42-23-22-41-21-20-40-19-18-39-17-16-38-15-14-36/h10-13,35-37H,2-9,14-32H2,1H3. The van der Waals surface area contributed by atoms with Crippen molar-refractivity contribution >= 4 is 0 Å². The number of unbranched alkanes of at least 4 members (excludes halogenated alkanes) is 6. The maximum Gasteiger partial charge on any atom is 0.221 e. The topological polar surface area (TPSA) is 133 Å². The van der Waals surface area contributed by atoms with Crippen LogP contribution in [0.3, 0.4) is 0 Å². The molecule has 0 aliphatic heterocycles. The van der Waals surface area contributed by atoms with Crippen molar-refractivity contribution < 1.29 is 57.6 Å². The summed E-state index contributed by atoms with van der Waals surface area (Å²) in [5.74, 6) is 0.634. The highest BCUT2D eigenvalue weighted by Crippen LogP contribution is 2.16. The highest BCUT2D eigenvalue weighted by Gasteiger charge is 2.06. The van der Waals surface area contributed by atoms with Gasteiger partial charge in [-0.2, -0.15) is 0 Å². The molecule has 0 bridgehead atoms. The number of benzene rings is 1. The van der Waals surface area contributed by atoms with E-state index < -0.39 is 6.29 Å². The molecule has 1 unspecified atom stereocenters. The molecule has 12 nitrogen and oxygen atoms in total. The molecule has 0 saturated heterocycles. The molecule has 0 aliphatic carbocycles. The van der Waals surface area contributed by atoms with Crippen LogP contribution in [0.5, 0.6) is 5.75 Å². The van der Waals surface area contributed by atoms with E-state index in [0.717, 1.165) is 6.42 Å². The second kappa shape index (κ2) is 35.9. The van der Waals surface area contributed by atoms with E-state index in [-0.39, 0.29) is 13.2 Å². The van der Waals surface area contributed by atoms with E-state index in [2.05, 4.69) is 19.1 Å². The van der Waals surface area contributed by atoms with Gasteiger partial charge in [0, 0.05) is 0 Å². The van der Waals surface area contributed by atoms with Crippen LogP contribution < -0.4 is 4.74 Å². The van der Waals surface area contributed by atoms with Gasteiger partial charge in [-0.25, -0.2) is 0 Å². The fraction of sp³-hybridized carbons (Fsp3) is 0.829. The predicted molar refractivity (Wildman–Crippen MR) is 179 cm³/mol. The van der Waals surface area contributed by atoms with Crippen LogP contribution in [0.4, 0.5) is 0 Å². The summed E-state index contributed by atoms with van der Waals surface area (Å²) in [6.45, 7) is 10.3. The monoisotopic (exact) mass is 676 g/mol. The van der Waals surface area contributed by atoms with Gasteiger partial charge in [-0.15, -0.1) is 0 Å². The maximum atomic E-state index is 10.1. The van der Waals surface area contributed by atoms with E-state index >= 15 is 0 Å². The lowest BCUT2D eigenvalue weighted by Gasteiger charge is -2.14. The normalized spacial score (nSPS) is 12.1. The average Bonchev–Trinajstić information content (AvgIpc) is 3.08. The van der Waals surface area contributed by atoms with Gasteiger partial charge in [-0.1, -0.05) is 57.6 Å². The van der Waals surface area contributed by atoms with Crippen molar-refractivity contribution in [2.75, 3.05) is 126 Å². The first-order valence-electron chi connectivity index (χ1n) is 17.5. The smallest absolute Gasteiger partial charge is 0.221 e. The molecule has 47 heavy (non-hydrogen) atoms. The Balaban J connectivity index is 1.76. The molecule has 0 spiro atoms. The van der Waals surface area contributed by atoms with Crippen LogP contribution in [0.15, 0.2) is 24.3 Å². The SMILES string of the molecule is CCCCCCCCCc1ccc(OC(O)COCCOCCOCCOCCOCCOCCOCCOCCOCCO)cc1. The van der Waals surface area contributed by atoms with Gasteiger partial charge in [0.2, 0.25) is 6.29 Å². The largest absolute Gasteiger partial charge is 0.463 e. The molecule has 1 aromatic rings. The van der Waals surface area contributed by atoms with Crippen LogP contribution in [0.2, 0.25) is 0 Å². The first kappa shape index (κ1) is 43.6. The van der Waals surface area contributed by atoms with Crippen molar-refractivity contribution in [2.45, 2.75) is 64.6 Å².